The van der Waals surface area contributed by atoms with Gasteiger partial charge in [-0.15, -0.1) is 0 Å². The van der Waals surface area contributed by atoms with Crippen molar-refractivity contribution in [2.75, 3.05) is 7.11 Å². The summed E-state index contributed by atoms with van der Waals surface area (Å²) in [6.45, 7) is 2.00. The van der Waals surface area contributed by atoms with Gasteiger partial charge in [0.25, 0.3) is 0 Å². The maximum Gasteiger partial charge on any atom is 0.128 e. The molecule has 0 bridgehead atoms. The van der Waals surface area contributed by atoms with Crippen LogP contribution in [0.2, 0.25) is 5.02 Å². The number of benzene rings is 1. The Hall–Kier alpha value is -0.730. The van der Waals surface area contributed by atoms with E-state index in [1.165, 1.54) is 0 Å². The summed E-state index contributed by atoms with van der Waals surface area (Å²) in [4.78, 5) is 0. The smallest absolute Gasteiger partial charge is 0.128 e. The highest BCUT2D eigenvalue weighted by molar-refractivity contribution is 6.31. The Morgan fingerprint density at radius 2 is 2.07 bits per heavy atom. The maximum absolute atomic E-state index is 6.15. The summed E-state index contributed by atoms with van der Waals surface area (Å²) in [6, 6.07) is 3.85. The van der Waals surface area contributed by atoms with Crippen molar-refractivity contribution < 1.29 is 4.74 Å². The van der Waals surface area contributed by atoms with E-state index in [1.807, 2.05) is 19.1 Å². The van der Waals surface area contributed by atoms with Gasteiger partial charge in [-0.05, 0) is 31.4 Å². The molecule has 2 rings (SSSR count). The fourth-order valence-corrected chi connectivity index (χ4v) is 2.11. The van der Waals surface area contributed by atoms with Crippen LogP contribution in [-0.4, -0.2) is 7.11 Å². The number of aryl methyl sites for hydroxylation is 1. The van der Waals surface area contributed by atoms with Crippen molar-refractivity contribution in [3.63, 3.8) is 0 Å². The Bertz CT molecular complexity index is 372. The van der Waals surface area contributed by atoms with Crippen LogP contribution in [0.4, 0.5) is 0 Å². The molecule has 1 aromatic carbocycles. The lowest BCUT2D eigenvalue weighted by molar-refractivity contribution is 0.401. The number of hydrogen-bond donors (Lipinski definition) is 1. The Morgan fingerprint density at radius 1 is 1.43 bits per heavy atom. The molecule has 0 aliphatic heterocycles. The largest absolute Gasteiger partial charge is 0.496 e. The molecule has 0 spiro atoms. The van der Waals surface area contributed by atoms with E-state index in [-0.39, 0.29) is 5.54 Å². The summed E-state index contributed by atoms with van der Waals surface area (Å²) >= 11 is 6.14. The lowest BCUT2D eigenvalue weighted by atomic mass is 10.0. The number of ether oxygens (including phenoxy) is 1. The highest BCUT2D eigenvalue weighted by Gasteiger charge is 2.44. The molecule has 0 unspecified atom stereocenters. The molecule has 1 aliphatic rings. The van der Waals surface area contributed by atoms with Crippen LogP contribution in [0.3, 0.4) is 0 Å². The molecular formula is C11H14ClNO. The molecule has 76 valence electrons. The van der Waals surface area contributed by atoms with Crippen molar-refractivity contribution in [3.05, 3.63) is 28.3 Å². The zero-order chi connectivity index (χ0) is 10.3. The first-order valence-electron chi connectivity index (χ1n) is 4.71. The third kappa shape index (κ3) is 1.39. The average Bonchev–Trinajstić information content (AvgIpc) is 2.88. The normalized spacial score (nSPS) is 18.0. The number of hydrogen-bond acceptors (Lipinski definition) is 2. The predicted octanol–water partition coefficient (Wildman–Crippen LogP) is 2.60. The van der Waals surface area contributed by atoms with Crippen LogP contribution >= 0.6 is 11.6 Å². The summed E-state index contributed by atoms with van der Waals surface area (Å²) < 4.78 is 5.36. The van der Waals surface area contributed by atoms with Crippen LogP contribution in [0.25, 0.3) is 0 Å². The Morgan fingerprint density at radius 3 is 2.57 bits per heavy atom. The van der Waals surface area contributed by atoms with Crippen molar-refractivity contribution >= 4 is 11.6 Å². The molecule has 2 N–H and O–H groups in total. The zero-order valence-corrected chi connectivity index (χ0v) is 9.19. The van der Waals surface area contributed by atoms with Gasteiger partial charge in [0.2, 0.25) is 0 Å². The van der Waals surface area contributed by atoms with Gasteiger partial charge >= 0.3 is 0 Å². The summed E-state index contributed by atoms with van der Waals surface area (Å²) in [6.07, 6.45) is 1.99. The van der Waals surface area contributed by atoms with Crippen LogP contribution in [0.15, 0.2) is 12.1 Å². The van der Waals surface area contributed by atoms with E-state index < -0.39 is 0 Å². The maximum atomic E-state index is 6.15. The lowest BCUT2D eigenvalue weighted by Gasteiger charge is -2.17. The molecule has 14 heavy (non-hydrogen) atoms. The average molecular weight is 212 g/mol. The summed E-state index contributed by atoms with van der Waals surface area (Å²) in [5.41, 5.74) is 7.97. The Kier molecular flexibility index (Phi) is 2.20. The van der Waals surface area contributed by atoms with Gasteiger partial charge in [-0.2, -0.15) is 0 Å². The molecule has 3 heteroatoms. The van der Waals surface area contributed by atoms with E-state index in [4.69, 9.17) is 22.1 Å². The Labute approximate surface area is 89.0 Å². The van der Waals surface area contributed by atoms with E-state index in [9.17, 15) is 0 Å². The second-order valence-corrected chi connectivity index (χ2v) is 4.34. The van der Waals surface area contributed by atoms with Gasteiger partial charge in [-0.3, -0.25) is 0 Å². The highest BCUT2D eigenvalue weighted by atomic mass is 35.5. The van der Waals surface area contributed by atoms with Crippen LogP contribution in [0.5, 0.6) is 5.75 Å². The van der Waals surface area contributed by atoms with Gasteiger partial charge in [0.1, 0.15) is 5.75 Å². The predicted molar refractivity (Wildman–Crippen MR) is 57.8 cm³/mol. The number of methoxy groups -OCH3 is 1. The third-order valence-electron chi connectivity index (χ3n) is 2.79. The van der Waals surface area contributed by atoms with Crippen molar-refractivity contribution in [1.29, 1.82) is 0 Å². The highest BCUT2D eigenvalue weighted by Crippen LogP contribution is 2.50. The molecule has 1 aromatic rings. The minimum atomic E-state index is -0.242. The van der Waals surface area contributed by atoms with E-state index in [0.717, 1.165) is 29.7 Å². The molecular weight excluding hydrogens is 198 g/mol. The van der Waals surface area contributed by atoms with Crippen LogP contribution in [0.1, 0.15) is 24.0 Å². The number of nitrogens with two attached hydrogens (primary N) is 1. The van der Waals surface area contributed by atoms with Crippen molar-refractivity contribution in [1.82, 2.24) is 0 Å². The second kappa shape index (κ2) is 3.14. The van der Waals surface area contributed by atoms with Gasteiger partial charge in [0.15, 0.2) is 0 Å². The third-order valence-corrected chi connectivity index (χ3v) is 3.11. The fourth-order valence-electron chi connectivity index (χ4n) is 1.77. The van der Waals surface area contributed by atoms with Gasteiger partial charge in [-0.1, -0.05) is 17.7 Å². The van der Waals surface area contributed by atoms with Crippen LogP contribution < -0.4 is 10.5 Å². The van der Waals surface area contributed by atoms with Gasteiger partial charge in [0.05, 0.1) is 7.11 Å². The molecule has 0 aromatic heterocycles. The molecule has 0 saturated heterocycles. The quantitative estimate of drug-likeness (QED) is 0.816. The minimum Gasteiger partial charge on any atom is -0.496 e. The molecule has 1 fully saturated rings. The monoisotopic (exact) mass is 211 g/mol. The zero-order valence-electron chi connectivity index (χ0n) is 8.43. The van der Waals surface area contributed by atoms with E-state index in [2.05, 4.69) is 0 Å². The molecule has 2 nitrogen and oxygen atoms in total. The molecule has 1 saturated carbocycles. The van der Waals surface area contributed by atoms with Crippen molar-refractivity contribution in [3.8, 4) is 5.75 Å². The standard InChI is InChI=1S/C11H14ClNO/c1-7-3-4-8(12)9(10(7)14-2)11(13)5-6-11/h3-4H,5-6,13H2,1-2H3. The molecule has 1 aliphatic carbocycles. The summed E-state index contributed by atoms with van der Waals surface area (Å²) in [5.74, 6) is 0.845. The van der Waals surface area contributed by atoms with Crippen LogP contribution in [-0.2, 0) is 5.54 Å². The van der Waals surface area contributed by atoms with E-state index in [0.29, 0.717) is 5.02 Å². The lowest BCUT2D eigenvalue weighted by Crippen LogP contribution is -2.20. The molecule has 0 atom stereocenters. The fraction of sp³-hybridized carbons (Fsp3) is 0.455. The Balaban J connectivity index is 2.60. The van der Waals surface area contributed by atoms with Crippen molar-refractivity contribution in [2.45, 2.75) is 25.3 Å². The molecule has 0 radical (unpaired) electrons. The minimum absolute atomic E-state index is 0.242. The van der Waals surface area contributed by atoms with E-state index in [1.54, 1.807) is 7.11 Å². The summed E-state index contributed by atoms with van der Waals surface area (Å²) in [7, 11) is 1.66. The topological polar surface area (TPSA) is 35.2 Å². The van der Waals surface area contributed by atoms with Gasteiger partial charge < -0.3 is 10.5 Å². The second-order valence-electron chi connectivity index (χ2n) is 3.93. The first-order chi connectivity index (χ1) is 6.58. The van der Waals surface area contributed by atoms with Gasteiger partial charge in [0, 0.05) is 16.1 Å². The first-order valence-corrected chi connectivity index (χ1v) is 5.09. The number of halogens is 1. The number of rotatable bonds is 2. The SMILES string of the molecule is COc1c(C)ccc(Cl)c1C1(N)CC1. The summed E-state index contributed by atoms with van der Waals surface area (Å²) in [5, 5.41) is 0.715. The molecule has 0 heterocycles. The van der Waals surface area contributed by atoms with E-state index >= 15 is 0 Å². The van der Waals surface area contributed by atoms with Crippen molar-refractivity contribution in [2.24, 2.45) is 5.73 Å². The first kappa shape index (κ1) is 9.81. The van der Waals surface area contributed by atoms with Gasteiger partial charge in [-0.25, -0.2) is 0 Å². The van der Waals surface area contributed by atoms with Crippen LogP contribution in [0, 0.1) is 6.92 Å². The molecule has 0 amide bonds.